The first-order chi connectivity index (χ1) is 15.5. The predicted molar refractivity (Wildman–Crippen MR) is 129 cm³/mol. The molecule has 0 saturated heterocycles. The van der Waals surface area contributed by atoms with Crippen LogP contribution >= 0.6 is 22.7 Å². The standard InChI is InChI=1S/C24H26N2O4S2/c1-16(21(29-3)13-23(27)30-4)20(28-2)11-10-18-14-32-24(25-18)19-15-31-22(26-19)12-17-8-6-5-7-9-17/h5-11,13-16,20H,12H2,1-4H3. The first-order valence-electron chi connectivity index (χ1n) is 10.0. The Morgan fingerprint density at radius 2 is 1.84 bits per heavy atom. The molecule has 2 unspecified atom stereocenters. The molecule has 0 saturated carbocycles. The highest BCUT2D eigenvalue weighted by Crippen LogP contribution is 2.27. The minimum Gasteiger partial charge on any atom is -0.500 e. The van der Waals surface area contributed by atoms with E-state index in [1.807, 2.05) is 48.0 Å². The van der Waals surface area contributed by atoms with Crippen molar-refractivity contribution < 1.29 is 19.0 Å². The molecule has 0 N–H and O–H groups in total. The number of aromatic nitrogens is 2. The highest BCUT2D eigenvalue weighted by Gasteiger charge is 2.20. The fraction of sp³-hybridized carbons (Fsp3) is 0.292. The van der Waals surface area contributed by atoms with E-state index in [9.17, 15) is 4.79 Å². The van der Waals surface area contributed by atoms with Gasteiger partial charge in [-0.05, 0) is 11.6 Å². The van der Waals surface area contributed by atoms with Crippen molar-refractivity contribution in [3.63, 3.8) is 0 Å². The molecule has 0 aliphatic heterocycles. The number of nitrogens with zero attached hydrogens (tertiary/aromatic N) is 2. The summed E-state index contributed by atoms with van der Waals surface area (Å²) in [6.45, 7) is 1.92. The number of carbonyl (C=O) groups is 1. The van der Waals surface area contributed by atoms with Gasteiger partial charge in [0, 0.05) is 30.2 Å². The summed E-state index contributed by atoms with van der Waals surface area (Å²) in [6.07, 6.45) is 5.68. The van der Waals surface area contributed by atoms with Crippen molar-refractivity contribution >= 4 is 34.7 Å². The fourth-order valence-corrected chi connectivity index (χ4v) is 4.73. The maximum Gasteiger partial charge on any atom is 0.333 e. The van der Waals surface area contributed by atoms with Crippen molar-refractivity contribution in [3.05, 3.63) is 75.3 Å². The molecular weight excluding hydrogens is 444 g/mol. The van der Waals surface area contributed by atoms with E-state index in [4.69, 9.17) is 19.4 Å². The zero-order valence-electron chi connectivity index (χ0n) is 18.5. The van der Waals surface area contributed by atoms with Crippen LogP contribution in [0.15, 0.2) is 59.0 Å². The van der Waals surface area contributed by atoms with Crippen LogP contribution in [-0.2, 0) is 25.4 Å². The van der Waals surface area contributed by atoms with Crippen LogP contribution in [0.3, 0.4) is 0 Å². The Labute approximate surface area is 196 Å². The van der Waals surface area contributed by atoms with Gasteiger partial charge in [0.25, 0.3) is 0 Å². The third kappa shape index (κ3) is 6.35. The monoisotopic (exact) mass is 470 g/mol. The number of thiazole rings is 2. The molecule has 3 rings (SSSR count). The van der Waals surface area contributed by atoms with Gasteiger partial charge in [0.2, 0.25) is 0 Å². The molecule has 0 aliphatic rings. The van der Waals surface area contributed by atoms with Gasteiger partial charge in [0.05, 0.1) is 37.1 Å². The van der Waals surface area contributed by atoms with Crippen LogP contribution in [0.25, 0.3) is 16.8 Å². The normalized spacial score (nSPS) is 13.8. The summed E-state index contributed by atoms with van der Waals surface area (Å²) in [6, 6.07) is 10.3. The molecule has 168 valence electrons. The topological polar surface area (TPSA) is 70.5 Å². The van der Waals surface area contributed by atoms with E-state index in [0.29, 0.717) is 5.76 Å². The molecule has 8 heteroatoms. The number of hydrogen-bond acceptors (Lipinski definition) is 8. The van der Waals surface area contributed by atoms with Crippen molar-refractivity contribution in [1.82, 2.24) is 9.97 Å². The second-order valence-electron chi connectivity index (χ2n) is 6.99. The number of ether oxygens (including phenoxy) is 3. The molecule has 6 nitrogen and oxygen atoms in total. The van der Waals surface area contributed by atoms with Gasteiger partial charge in [-0.1, -0.05) is 43.3 Å². The van der Waals surface area contributed by atoms with Gasteiger partial charge in [0.15, 0.2) is 0 Å². The van der Waals surface area contributed by atoms with Crippen LogP contribution in [0, 0.1) is 5.92 Å². The Bertz CT molecular complexity index is 1070. The summed E-state index contributed by atoms with van der Waals surface area (Å²) in [5.41, 5.74) is 2.96. The number of methoxy groups -OCH3 is 3. The van der Waals surface area contributed by atoms with Gasteiger partial charge in [-0.2, -0.15) is 0 Å². The smallest absolute Gasteiger partial charge is 0.333 e. The average molecular weight is 471 g/mol. The molecule has 0 radical (unpaired) electrons. The second-order valence-corrected chi connectivity index (χ2v) is 8.79. The van der Waals surface area contributed by atoms with E-state index < -0.39 is 5.97 Å². The lowest BCUT2D eigenvalue weighted by molar-refractivity contribution is -0.135. The van der Waals surface area contributed by atoms with Crippen LogP contribution in [0.2, 0.25) is 0 Å². The maximum atomic E-state index is 11.6. The van der Waals surface area contributed by atoms with Crippen molar-refractivity contribution in [2.24, 2.45) is 5.92 Å². The van der Waals surface area contributed by atoms with Gasteiger partial charge in [-0.3, -0.25) is 0 Å². The second kappa shape index (κ2) is 11.7. The van der Waals surface area contributed by atoms with Crippen LogP contribution in [-0.4, -0.2) is 43.4 Å². The maximum absolute atomic E-state index is 11.6. The molecule has 0 amide bonds. The molecule has 2 heterocycles. The van der Waals surface area contributed by atoms with Crippen molar-refractivity contribution in [2.45, 2.75) is 19.4 Å². The summed E-state index contributed by atoms with van der Waals surface area (Å²) >= 11 is 3.20. The molecule has 3 aromatic rings. The Kier molecular flexibility index (Phi) is 8.72. The van der Waals surface area contributed by atoms with E-state index in [1.54, 1.807) is 29.8 Å². The fourth-order valence-electron chi connectivity index (χ4n) is 3.10. The zero-order chi connectivity index (χ0) is 22.9. The lowest BCUT2D eigenvalue weighted by Crippen LogP contribution is -2.21. The average Bonchev–Trinajstić information content (AvgIpc) is 3.47. The van der Waals surface area contributed by atoms with Crippen LogP contribution < -0.4 is 0 Å². The summed E-state index contributed by atoms with van der Waals surface area (Å²) in [5.74, 6) is -0.162. The minimum atomic E-state index is -0.466. The zero-order valence-corrected chi connectivity index (χ0v) is 20.1. The number of carbonyl (C=O) groups excluding carboxylic acids is 1. The molecule has 32 heavy (non-hydrogen) atoms. The number of benzene rings is 1. The van der Waals surface area contributed by atoms with Crippen LogP contribution in [0.1, 0.15) is 23.2 Å². The molecular formula is C24H26N2O4S2. The highest BCUT2D eigenvalue weighted by molar-refractivity contribution is 7.14. The largest absolute Gasteiger partial charge is 0.500 e. The minimum absolute atomic E-state index is 0.183. The summed E-state index contributed by atoms with van der Waals surface area (Å²) in [5, 5.41) is 5.98. The quantitative estimate of drug-likeness (QED) is 0.230. The SMILES string of the molecule is COC(=O)C=C(OC)C(C)C(C=Cc1csc(-c2csc(Cc3ccccc3)n2)n1)OC. The van der Waals surface area contributed by atoms with Crippen molar-refractivity contribution in [3.8, 4) is 10.7 Å². The molecule has 0 fully saturated rings. The molecule has 1 aromatic carbocycles. The van der Waals surface area contributed by atoms with Gasteiger partial charge in [-0.15, -0.1) is 22.7 Å². The first-order valence-corrected chi connectivity index (χ1v) is 11.8. The lowest BCUT2D eigenvalue weighted by Gasteiger charge is -2.21. The summed E-state index contributed by atoms with van der Waals surface area (Å²) < 4.78 is 15.6. The summed E-state index contributed by atoms with van der Waals surface area (Å²) in [7, 11) is 4.47. The van der Waals surface area contributed by atoms with E-state index >= 15 is 0 Å². The molecule has 0 bridgehead atoms. The third-order valence-electron chi connectivity index (χ3n) is 4.86. The van der Waals surface area contributed by atoms with Gasteiger partial charge in [-0.25, -0.2) is 14.8 Å². The van der Waals surface area contributed by atoms with Gasteiger partial charge < -0.3 is 14.2 Å². The Morgan fingerprint density at radius 1 is 1.06 bits per heavy atom. The van der Waals surface area contributed by atoms with Crippen molar-refractivity contribution in [2.75, 3.05) is 21.3 Å². The number of hydrogen-bond donors (Lipinski definition) is 0. The van der Waals surface area contributed by atoms with Crippen LogP contribution in [0.5, 0.6) is 0 Å². The third-order valence-corrected chi connectivity index (χ3v) is 6.59. The Morgan fingerprint density at radius 3 is 2.53 bits per heavy atom. The van der Waals surface area contributed by atoms with Crippen LogP contribution in [0.4, 0.5) is 0 Å². The number of esters is 1. The Balaban J connectivity index is 1.68. The molecule has 2 atom stereocenters. The van der Waals surface area contributed by atoms with Gasteiger partial charge in [0.1, 0.15) is 16.5 Å². The van der Waals surface area contributed by atoms with Crippen molar-refractivity contribution in [1.29, 1.82) is 0 Å². The van der Waals surface area contributed by atoms with E-state index in [-0.39, 0.29) is 12.0 Å². The van der Waals surface area contributed by atoms with E-state index in [2.05, 4.69) is 16.9 Å². The lowest BCUT2D eigenvalue weighted by atomic mass is 10.0. The molecule has 0 spiro atoms. The van der Waals surface area contributed by atoms with E-state index in [0.717, 1.165) is 27.8 Å². The molecule has 2 aromatic heterocycles. The number of rotatable bonds is 10. The predicted octanol–water partition coefficient (Wildman–Crippen LogP) is 5.23. The first kappa shape index (κ1) is 23.8. The molecule has 0 aliphatic carbocycles. The Hall–Kier alpha value is -2.81. The summed E-state index contributed by atoms with van der Waals surface area (Å²) in [4.78, 5) is 21.0. The highest BCUT2D eigenvalue weighted by atomic mass is 32.1. The van der Waals surface area contributed by atoms with E-state index in [1.165, 1.54) is 25.9 Å². The van der Waals surface area contributed by atoms with Gasteiger partial charge >= 0.3 is 5.97 Å².